The number of tetrazole rings is 1. The van der Waals surface area contributed by atoms with E-state index in [1.807, 2.05) is 23.5 Å². The molecule has 1 saturated carbocycles. The number of benzene rings is 1. The van der Waals surface area contributed by atoms with Gasteiger partial charge in [-0.3, -0.25) is 0 Å². The van der Waals surface area contributed by atoms with Crippen molar-refractivity contribution in [3.63, 3.8) is 0 Å². The first kappa shape index (κ1) is 19.5. The molecule has 0 unspecified atom stereocenters. The van der Waals surface area contributed by atoms with Crippen molar-refractivity contribution in [1.82, 2.24) is 20.2 Å². The number of anilines is 1. The van der Waals surface area contributed by atoms with Crippen molar-refractivity contribution in [3.05, 3.63) is 52.5 Å². The second kappa shape index (κ2) is 8.73. The average Bonchev–Trinajstić information content (AvgIpc) is 3.57. The number of ether oxygens (including phenoxy) is 1. The molecule has 5 rings (SSSR count). The minimum atomic E-state index is 0.195. The van der Waals surface area contributed by atoms with Crippen LogP contribution in [0.15, 0.2) is 41.8 Å². The first-order valence-electron chi connectivity index (χ1n) is 10.9. The molecule has 2 aliphatic rings. The third-order valence-electron chi connectivity index (χ3n) is 6.51. The molecule has 1 saturated heterocycles. The molecule has 1 N–H and O–H groups in total. The number of aromatic nitrogens is 4. The van der Waals surface area contributed by atoms with Gasteiger partial charge in [-0.15, -0.1) is 16.4 Å². The van der Waals surface area contributed by atoms with Gasteiger partial charge in [-0.1, -0.05) is 31.0 Å². The summed E-state index contributed by atoms with van der Waals surface area (Å²) >= 11 is 1.81. The van der Waals surface area contributed by atoms with E-state index in [2.05, 4.69) is 54.8 Å². The van der Waals surface area contributed by atoms with Gasteiger partial charge in [0.15, 0.2) is 6.04 Å². The second-order valence-corrected chi connectivity index (χ2v) is 9.16. The highest BCUT2D eigenvalue weighted by Gasteiger charge is 2.37. The highest BCUT2D eigenvalue weighted by molar-refractivity contribution is 7.10. The Morgan fingerprint density at radius 2 is 1.90 bits per heavy atom. The summed E-state index contributed by atoms with van der Waals surface area (Å²) in [5, 5.41) is 15.2. The molecular formula is C22H29N6OS+. The molecule has 3 heterocycles. The van der Waals surface area contributed by atoms with Crippen LogP contribution < -0.4 is 14.5 Å². The van der Waals surface area contributed by atoms with Crippen LogP contribution in [0.3, 0.4) is 0 Å². The van der Waals surface area contributed by atoms with Crippen LogP contribution in [0, 0.1) is 0 Å². The fourth-order valence-corrected chi connectivity index (χ4v) is 5.86. The number of quaternary nitrogens is 1. The van der Waals surface area contributed by atoms with E-state index in [9.17, 15) is 0 Å². The zero-order chi connectivity index (χ0) is 20.3. The number of hydrogen-bond acceptors (Lipinski definition) is 6. The molecule has 0 spiro atoms. The van der Waals surface area contributed by atoms with Gasteiger partial charge in [-0.2, -0.15) is 0 Å². The monoisotopic (exact) mass is 425 g/mol. The quantitative estimate of drug-likeness (QED) is 0.657. The van der Waals surface area contributed by atoms with Crippen molar-refractivity contribution in [2.24, 2.45) is 0 Å². The van der Waals surface area contributed by atoms with E-state index in [4.69, 9.17) is 4.74 Å². The number of thiophene rings is 1. The summed E-state index contributed by atoms with van der Waals surface area (Å²) in [4.78, 5) is 5.33. The fourth-order valence-electron chi connectivity index (χ4n) is 4.98. The summed E-state index contributed by atoms with van der Waals surface area (Å²) in [5.74, 6) is 1.98. The largest absolute Gasteiger partial charge is 0.495 e. The van der Waals surface area contributed by atoms with Gasteiger partial charge in [0.1, 0.15) is 5.75 Å². The van der Waals surface area contributed by atoms with Gasteiger partial charge in [-0.05, 0) is 46.8 Å². The summed E-state index contributed by atoms with van der Waals surface area (Å²) in [5.41, 5.74) is 1.18. The van der Waals surface area contributed by atoms with Crippen LogP contribution in [0.25, 0.3) is 0 Å². The van der Waals surface area contributed by atoms with E-state index >= 15 is 0 Å². The van der Waals surface area contributed by atoms with E-state index < -0.39 is 0 Å². The predicted octanol–water partition coefficient (Wildman–Crippen LogP) is 2.35. The molecule has 3 aromatic rings. The predicted molar refractivity (Wildman–Crippen MR) is 117 cm³/mol. The fraction of sp³-hybridized carbons (Fsp3) is 0.500. The Labute approximate surface area is 181 Å². The van der Waals surface area contributed by atoms with Gasteiger partial charge < -0.3 is 14.5 Å². The summed E-state index contributed by atoms with van der Waals surface area (Å²) in [6, 6.07) is 13.3. The SMILES string of the molecule is COc1ccccc1N1CC[NH+]([C@@H](c2cccs2)c2nnnn2C2CCCC2)CC1. The number of rotatable bonds is 6. The zero-order valence-electron chi connectivity index (χ0n) is 17.4. The Morgan fingerprint density at radius 1 is 1.10 bits per heavy atom. The number of para-hydroxylation sites is 2. The topological polar surface area (TPSA) is 60.5 Å². The normalized spacial score (nSPS) is 19.3. The van der Waals surface area contributed by atoms with Crippen molar-refractivity contribution in [1.29, 1.82) is 0 Å². The lowest BCUT2D eigenvalue weighted by molar-refractivity contribution is -0.926. The van der Waals surface area contributed by atoms with Crippen LogP contribution in [0.4, 0.5) is 5.69 Å². The second-order valence-electron chi connectivity index (χ2n) is 8.19. The summed E-state index contributed by atoms with van der Waals surface area (Å²) in [6.45, 7) is 4.06. The highest BCUT2D eigenvalue weighted by atomic mass is 32.1. The van der Waals surface area contributed by atoms with E-state index in [0.717, 1.165) is 37.8 Å². The number of nitrogens with zero attached hydrogens (tertiary/aromatic N) is 5. The summed E-state index contributed by atoms with van der Waals surface area (Å²) in [6.07, 6.45) is 4.92. The number of piperazine rings is 1. The molecule has 0 bridgehead atoms. The van der Waals surface area contributed by atoms with E-state index in [1.165, 1.54) is 41.1 Å². The molecule has 0 amide bonds. The van der Waals surface area contributed by atoms with Gasteiger partial charge in [0, 0.05) is 0 Å². The molecule has 2 aromatic heterocycles. The maximum absolute atomic E-state index is 5.59. The van der Waals surface area contributed by atoms with Crippen molar-refractivity contribution >= 4 is 17.0 Å². The molecule has 0 radical (unpaired) electrons. The van der Waals surface area contributed by atoms with Gasteiger partial charge >= 0.3 is 0 Å². The Kier molecular flexibility index (Phi) is 5.68. The first-order valence-corrected chi connectivity index (χ1v) is 11.8. The van der Waals surface area contributed by atoms with Crippen LogP contribution in [0.5, 0.6) is 5.75 Å². The van der Waals surface area contributed by atoms with Crippen LogP contribution >= 0.6 is 11.3 Å². The maximum Gasteiger partial charge on any atom is 0.215 e. The minimum Gasteiger partial charge on any atom is -0.495 e. The molecule has 30 heavy (non-hydrogen) atoms. The molecule has 1 aromatic carbocycles. The van der Waals surface area contributed by atoms with Gasteiger partial charge in [-0.25, -0.2) is 4.68 Å². The standard InChI is InChI=1S/C22H28N6OS/c1-29-19-10-5-4-9-18(19)26-12-14-27(15-13-26)21(20-11-6-16-30-20)22-23-24-25-28(22)17-7-2-3-8-17/h4-6,9-11,16-17,21H,2-3,7-8,12-15H2,1H3/p+1/t21-/m0/s1. The third-order valence-corrected chi connectivity index (χ3v) is 7.45. The molecule has 1 aliphatic heterocycles. The number of hydrogen-bond donors (Lipinski definition) is 1. The van der Waals surface area contributed by atoms with E-state index in [-0.39, 0.29) is 6.04 Å². The number of nitrogens with one attached hydrogen (secondary N) is 1. The first-order chi connectivity index (χ1) is 14.8. The molecule has 2 fully saturated rings. The van der Waals surface area contributed by atoms with E-state index in [0.29, 0.717) is 6.04 Å². The highest BCUT2D eigenvalue weighted by Crippen LogP contribution is 2.32. The van der Waals surface area contributed by atoms with Crippen LogP contribution in [0.1, 0.15) is 48.5 Å². The molecule has 158 valence electrons. The van der Waals surface area contributed by atoms with Crippen molar-refractivity contribution in [2.45, 2.75) is 37.8 Å². The minimum absolute atomic E-state index is 0.195. The lowest BCUT2D eigenvalue weighted by atomic mass is 10.1. The Hall–Kier alpha value is -2.45. The Morgan fingerprint density at radius 3 is 2.63 bits per heavy atom. The molecule has 8 heteroatoms. The Balaban J connectivity index is 1.39. The van der Waals surface area contributed by atoms with Crippen molar-refractivity contribution in [2.75, 3.05) is 38.2 Å². The lowest BCUT2D eigenvalue weighted by Gasteiger charge is -2.37. The number of methoxy groups -OCH3 is 1. The van der Waals surface area contributed by atoms with Crippen molar-refractivity contribution in [3.8, 4) is 5.75 Å². The summed E-state index contributed by atoms with van der Waals surface area (Å²) < 4.78 is 7.72. The van der Waals surface area contributed by atoms with Gasteiger partial charge in [0.05, 0.1) is 49.9 Å². The summed E-state index contributed by atoms with van der Waals surface area (Å²) in [7, 11) is 1.75. The van der Waals surface area contributed by atoms with Gasteiger partial charge in [0.2, 0.25) is 5.82 Å². The van der Waals surface area contributed by atoms with E-state index in [1.54, 1.807) is 7.11 Å². The molecule has 7 nitrogen and oxygen atoms in total. The van der Waals surface area contributed by atoms with Crippen LogP contribution in [-0.4, -0.2) is 53.5 Å². The smallest absolute Gasteiger partial charge is 0.215 e. The Bertz CT molecular complexity index is 944. The van der Waals surface area contributed by atoms with Crippen molar-refractivity contribution < 1.29 is 9.64 Å². The van der Waals surface area contributed by atoms with Crippen LogP contribution in [-0.2, 0) is 0 Å². The van der Waals surface area contributed by atoms with Gasteiger partial charge in [0.25, 0.3) is 0 Å². The third kappa shape index (κ3) is 3.70. The van der Waals surface area contributed by atoms with Crippen LogP contribution in [0.2, 0.25) is 0 Å². The maximum atomic E-state index is 5.59. The average molecular weight is 426 g/mol. The molecule has 1 atom stereocenters. The molecular weight excluding hydrogens is 396 g/mol. The molecule has 1 aliphatic carbocycles. The zero-order valence-corrected chi connectivity index (χ0v) is 18.2. The lowest BCUT2D eigenvalue weighted by Crippen LogP contribution is -3.15.